The Hall–Kier alpha value is -4.11. The number of phenolic OH excluding ortho intramolecular Hbond substituents is 1. The molecule has 4 aromatic rings. The number of benzene rings is 3. The second kappa shape index (κ2) is 10.5. The van der Waals surface area contributed by atoms with E-state index in [1.807, 2.05) is 65.2 Å². The number of methoxy groups -OCH3 is 1. The zero-order chi connectivity index (χ0) is 23.0. The van der Waals surface area contributed by atoms with Crippen LogP contribution in [0.25, 0.3) is 17.1 Å². The SMILES string of the molecule is COc1ccc(/C=N/NC(=O)CSc2nnc(-c3ccccc3)n2-c2ccccc2)cc1O. The van der Waals surface area contributed by atoms with Gasteiger partial charge in [0, 0.05) is 11.3 Å². The van der Waals surface area contributed by atoms with Crippen LogP contribution >= 0.6 is 11.8 Å². The third kappa shape index (κ3) is 5.39. The van der Waals surface area contributed by atoms with Gasteiger partial charge in [0.15, 0.2) is 22.5 Å². The third-order valence-electron chi connectivity index (χ3n) is 4.62. The molecule has 4 rings (SSSR count). The highest BCUT2D eigenvalue weighted by Gasteiger charge is 2.17. The largest absolute Gasteiger partial charge is 0.504 e. The van der Waals surface area contributed by atoms with E-state index in [4.69, 9.17) is 4.74 Å². The fraction of sp³-hybridized carbons (Fsp3) is 0.0833. The second-order valence-electron chi connectivity index (χ2n) is 6.86. The van der Waals surface area contributed by atoms with Crippen LogP contribution in [0.3, 0.4) is 0 Å². The Kier molecular flexibility index (Phi) is 7.01. The van der Waals surface area contributed by atoms with Crippen molar-refractivity contribution in [2.45, 2.75) is 5.16 Å². The molecule has 0 fully saturated rings. The van der Waals surface area contributed by atoms with Gasteiger partial charge in [0.2, 0.25) is 0 Å². The Bertz CT molecular complexity index is 1260. The molecule has 0 bridgehead atoms. The molecule has 166 valence electrons. The summed E-state index contributed by atoms with van der Waals surface area (Å²) in [7, 11) is 1.47. The standard InChI is InChI=1S/C24H21N5O3S/c1-32-21-13-12-17(14-20(21)30)15-25-26-22(31)16-33-24-28-27-23(18-8-4-2-5-9-18)29(24)19-10-6-3-7-11-19/h2-15,30H,16H2,1H3,(H,26,31)/b25-15+. The van der Waals surface area contributed by atoms with E-state index in [1.165, 1.54) is 31.2 Å². The molecule has 0 spiro atoms. The van der Waals surface area contributed by atoms with Crippen molar-refractivity contribution in [2.24, 2.45) is 5.10 Å². The molecule has 0 aliphatic rings. The Labute approximate surface area is 194 Å². The maximum Gasteiger partial charge on any atom is 0.250 e. The normalized spacial score (nSPS) is 10.9. The number of para-hydroxylation sites is 1. The van der Waals surface area contributed by atoms with Crippen LogP contribution in [0, 0.1) is 0 Å². The number of phenols is 1. The smallest absolute Gasteiger partial charge is 0.250 e. The lowest BCUT2D eigenvalue weighted by molar-refractivity contribution is -0.118. The van der Waals surface area contributed by atoms with Gasteiger partial charge in [-0.1, -0.05) is 60.3 Å². The topological polar surface area (TPSA) is 102 Å². The quantitative estimate of drug-likeness (QED) is 0.235. The maximum absolute atomic E-state index is 12.3. The summed E-state index contributed by atoms with van der Waals surface area (Å²) in [6, 6.07) is 24.4. The Morgan fingerprint density at radius 1 is 1.09 bits per heavy atom. The van der Waals surface area contributed by atoms with Crippen molar-refractivity contribution in [3.63, 3.8) is 0 Å². The van der Waals surface area contributed by atoms with E-state index in [9.17, 15) is 9.90 Å². The fourth-order valence-corrected chi connectivity index (χ4v) is 3.82. The Morgan fingerprint density at radius 3 is 2.52 bits per heavy atom. The predicted octanol–water partition coefficient (Wildman–Crippen LogP) is 3.89. The number of ether oxygens (including phenoxy) is 1. The molecule has 0 saturated carbocycles. The van der Waals surface area contributed by atoms with Gasteiger partial charge in [-0.2, -0.15) is 5.10 Å². The Balaban J connectivity index is 1.45. The summed E-state index contributed by atoms with van der Waals surface area (Å²) in [5.41, 5.74) is 4.94. The van der Waals surface area contributed by atoms with Crippen molar-refractivity contribution in [1.29, 1.82) is 0 Å². The molecule has 1 amide bonds. The number of aromatic hydroxyl groups is 1. The van der Waals surface area contributed by atoms with Gasteiger partial charge < -0.3 is 9.84 Å². The van der Waals surface area contributed by atoms with Gasteiger partial charge >= 0.3 is 0 Å². The Morgan fingerprint density at radius 2 is 1.82 bits per heavy atom. The molecule has 0 aliphatic carbocycles. The summed E-state index contributed by atoms with van der Waals surface area (Å²) in [6.45, 7) is 0. The number of hydrazone groups is 1. The number of hydrogen-bond acceptors (Lipinski definition) is 7. The van der Waals surface area contributed by atoms with Crippen molar-refractivity contribution in [3.05, 3.63) is 84.4 Å². The first-order valence-electron chi connectivity index (χ1n) is 10.0. The van der Waals surface area contributed by atoms with E-state index < -0.39 is 0 Å². The lowest BCUT2D eigenvalue weighted by atomic mass is 10.2. The minimum atomic E-state index is -0.294. The van der Waals surface area contributed by atoms with E-state index in [0.717, 1.165) is 11.3 Å². The molecule has 0 atom stereocenters. The number of amides is 1. The first-order valence-corrected chi connectivity index (χ1v) is 11.0. The van der Waals surface area contributed by atoms with Crippen molar-refractivity contribution < 1.29 is 14.6 Å². The lowest BCUT2D eigenvalue weighted by Crippen LogP contribution is -2.20. The van der Waals surface area contributed by atoms with Crippen LogP contribution in [0.4, 0.5) is 0 Å². The van der Waals surface area contributed by atoms with Gasteiger partial charge in [0.1, 0.15) is 0 Å². The third-order valence-corrected chi connectivity index (χ3v) is 5.55. The van der Waals surface area contributed by atoms with Crippen LogP contribution in [0.15, 0.2) is 89.1 Å². The second-order valence-corrected chi connectivity index (χ2v) is 7.80. The van der Waals surface area contributed by atoms with E-state index in [2.05, 4.69) is 20.7 Å². The summed E-state index contributed by atoms with van der Waals surface area (Å²) >= 11 is 1.27. The van der Waals surface area contributed by atoms with Crippen LogP contribution in [-0.4, -0.2) is 44.9 Å². The first-order chi connectivity index (χ1) is 16.2. The molecular formula is C24H21N5O3S. The summed E-state index contributed by atoms with van der Waals surface area (Å²) in [6.07, 6.45) is 1.45. The molecule has 0 radical (unpaired) electrons. The van der Waals surface area contributed by atoms with Gasteiger partial charge in [-0.25, -0.2) is 5.43 Å². The van der Waals surface area contributed by atoms with Gasteiger partial charge in [0.25, 0.3) is 5.91 Å². The van der Waals surface area contributed by atoms with Crippen molar-refractivity contribution in [3.8, 4) is 28.6 Å². The molecule has 0 unspecified atom stereocenters. The number of hydrogen-bond donors (Lipinski definition) is 2. The van der Waals surface area contributed by atoms with Crippen LogP contribution < -0.4 is 10.2 Å². The van der Waals surface area contributed by atoms with Crippen molar-refractivity contribution in [2.75, 3.05) is 12.9 Å². The minimum Gasteiger partial charge on any atom is -0.504 e. The van der Waals surface area contributed by atoms with Gasteiger partial charge in [-0.3, -0.25) is 9.36 Å². The number of thioether (sulfide) groups is 1. The first kappa shape index (κ1) is 22.1. The van der Waals surface area contributed by atoms with Crippen molar-refractivity contribution >= 4 is 23.9 Å². The minimum absolute atomic E-state index is 0.00204. The zero-order valence-corrected chi connectivity index (χ0v) is 18.6. The van der Waals surface area contributed by atoms with Crippen LogP contribution in [0.1, 0.15) is 5.56 Å². The van der Waals surface area contributed by atoms with Gasteiger partial charge in [0.05, 0.1) is 19.1 Å². The van der Waals surface area contributed by atoms with Crippen LogP contribution in [-0.2, 0) is 4.79 Å². The average Bonchev–Trinajstić information content (AvgIpc) is 3.28. The highest BCUT2D eigenvalue weighted by atomic mass is 32.2. The zero-order valence-electron chi connectivity index (χ0n) is 17.8. The van der Waals surface area contributed by atoms with E-state index in [0.29, 0.717) is 22.3 Å². The number of rotatable bonds is 8. The summed E-state index contributed by atoms with van der Waals surface area (Å²) in [5.74, 6) is 0.869. The highest BCUT2D eigenvalue weighted by molar-refractivity contribution is 7.99. The molecule has 9 heteroatoms. The van der Waals surface area contributed by atoms with E-state index in [1.54, 1.807) is 12.1 Å². The molecule has 8 nitrogen and oxygen atoms in total. The van der Waals surface area contributed by atoms with E-state index >= 15 is 0 Å². The number of nitrogens with zero attached hydrogens (tertiary/aromatic N) is 4. The molecule has 33 heavy (non-hydrogen) atoms. The van der Waals surface area contributed by atoms with Crippen LogP contribution in [0.5, 0.6) is 11.5 Å². The predicted molar refractivity (Wildman–Crippen MR) is 128 cm³/mol. The molecule has 1 aromatic heterocycles. The molecular weight excluding hydrogens is 438 g/mol. The number of carbonyl (C=O) groups excluding carboxylic acids is 1. The molecule has 3 aromatic carbocycles. The summed E-state index contributed by atoms with van der Waals surface area (Å²) in [4.78, 5) is 12.3. The number of aromatic nitrogens is 3. The maximum atomic E-state index is 12.3. The van der Waals surface area contributed by atoms with Gasteiger partial charge in [-0.15, -0.1) is 10.2 Å². The fourth-order valence-electron chi connectivity index (χ4n) is 3.08. The molecule has 0 saturated heterocycles. The van der Waals surface area contributed by atoms with Crippen LogP contribution in [0.2, 0.25) is 0 Å². The molecule has 2 N–H and O–H groups in total. The average molecular weight is 460 g/mol. The lowest BCUT2D eigenvalue weighted by Gasteiger charge is -2.10. The molecule has 1 heterocycles. The summed E-state index contributed by atoms with van der Waals surface area (Å²) < 4.78 is 6.94. The summed E-state index contributed by atoms with van der Waals surface area (Å²) in [5, 5.41) is 23.0. The molecule has 0 aliphatic heterocycles. The monoisotopic (exact) mass is 459 g/mol. The van der Waals surface area contributed by atoms with Crippen molar-refractivity contribution in [1.82, 2.24) is 20.2 Å². The van der Waals surface area contributed by atoms with Gasteiger partial charge in [-0.05, 0) is 35.9 Å². The number of carbonyl (C=O) groups is 1. The highest BCUT2D eigenvalue weighted by Crippen LogP contribution is 2.28. The van der Waals surface area contributed by atoms with E-state index in [-0.39, 0.29) is 17.4 Å². The number of nitrogens with one attached hydrogen (secondary N) is 1.